The van der Waals surface area contributed by atoms with Crippen molar-refractivity contribution in [2.45, 2.75) is 13.3 Å². The molecule has 4 nitrogen and oxygen atoms in total. The van der Waals surface area contributed by atoms with E-state index in [1.165, 1.54) is 0 Å². The van der Waals surface area contributed by atoms with Gasteiger partial charge in [-0.25, -0.2) is 0 Å². The van der Waals surface area contributed by atoms with Crippen LogP contribution in [0.15, 0.2) is 36.5 Å². The number of pyridine rings is 1. The smallest absolute Gasteiger partial charge is 0.256 e. The SMILES string of the molecule is CCCN(CC(N)=S)C(=O)c1cccc2cccnc12. The molecular formula is C15H17N3OS. The molecule has 0 radical (unpaired) electrons. The van der Waals surface area contributed by atoms with Gasteiger partial charge < -0.3 is 10.6 Å². The van der Waals surface area contributed by atoms with Crippen LogP contribution >= 0.6 is 12.2 Å². The van der Waals surface area contributed by atoms with E-state index in [0.29, 0.717) is 29.2 Å². The highest BCUT2D eigenvalue weighted by Gasteiger charge is 2.18. The van der Waals surface area contributed by atoms with Gasteiger partial charge >= 0.3 is 0 Å². The van der Waals surface area contributed by atoms with E-state index in [-0.39, 0.29) is 5.91 Å². The Morgan fingerprint density at radius 1 is 1.35 bits per heavy atom. The summed E-state index contributed by atoms with van der Waals surface area (Å²) in [5.74, 6) is -0.0797. The summed E-state index contributed by atoms with van der Waals surface area (Å²) in [6, 6.07) is 9.39. The van der Waals surface area contributed by atoms with Gasteiger partial charge in [0.1, 0.15) is 0 Å². The van der Waals surface area contributed by atoms with Gasteiger partial charge in [-0.1, -0.05) is 37.3 Å². The Morgan fingerprint density at radius 2 is 2.10 bits per heavy atom. The van der Waals surface area contributed by atoms with Crippen LogP contribution in [0.2, 0.25) is 0 Å². The van der Waals surface area contributed by atoms with Gasteiger partial charge in [-0.2, -0.15) is 0 Å². The van der Waals surface area contributed by atoms with E-state index < -0.39 is 0 Å². The lowest BCUT2D eigenvalue weighted by Crippen LogP contribution is -2.38. The van der Waals surface area contributed by atoms with Crippen LogP contribution in [0.1, 0.15) is 23.7 Å². The Morgan fingerprint density at radius 3 is 2.80 bits per heavy atom. The zero-order valence-corrected chi connectivity index (χ0v) is 12.2. The quantitative estimate of drug-likeness (QED) is 0.858. The van der Waals surface area contributed by atoms with Crippen LogP contribution in [0, 0.1) is 0 Å². The van der Waals surface area contributed by atoms with Gasteiger partial charge in [0.2, 0.25) is 0 Å². The minimum Gasteiger partial charge on any atom is -0.392 e. The van der Waals surface area contributed by atoms with E-state index in [1.807, 2.05) is 31.2 Å². The Balaban J connectivity index is 2.40. The maximum atomic E-state index is 12.7. The summed E-state index contributed by atoms with van der Waals surface area (Å²) in [6.45, 7) is 2.94. The van der Waals surface area contributed by atoms with E-state index in [4.69, 9.17) is 18.0 Å². The van der Waals surface area contributed by atoms with E-state index in [1.54, 1.807) is 17.2 Å². The Hall–Kier alpha value is -2.01. The van der Waals surface area contributed by atoms with Crippen molar-refractivity contribution in [3.05, 3.63) is 42.1 Å². The van der Waals surface area contributed by atoms with Gasteiger partial charge in [0.15, 0.2) is 0 Å². The van der Waals surface area contributed by atoms with E-state index in [9.17, 15) is 4.79 Å². The fraction of sp³-hybridized carbons (Fsp3) is 0.267. The fourth-order valence-corrected chi connectivity index (χ4v) is 2.31. The first-order valence-electron chi connectivity index (χ1n) is 6.54. The van der Waals surface area contributed by atoms with Crippen molar-refractivity contribution in [3.8, 4) is 0 Å². The lowest BCUT2D eigenvalue weighted by molar-refractivity contribution is 0.0781. The number of nitrogens with zero attached hydrogens (tertiary/aromatic N) is 2. The minimum atomic E-state index is -0.0797. The van der Waals surface area contributed by atoms with E-state index in [0.717, 1.165) is 11.8 Å². The first-order chi connectivity index (χ1) is 9.63. The third-order valence-corrected chi connectivity index (χ3v) is 3.12. The number of hydrogen-bond donors (Lipinski definition) is 1. The molecule has 1 aromatic heterocycles. The zero-order chi connectivity index (χ0) is 14.5. The summed E-state index contributed by atoms with van der Waals surface area (Å²) < 4.78 is 0. The van der Waals surface area contributed by atoms with Crippen molar-refractivity contribution < 1.29 is 4.79 Å². The zero-order valence-electron chi connectivity index (χ0n) is 11.4. The van der Waals surface area contributed by atoms with Crippen LogP contribution in [0.4, 0.5) is 0 Å². The molecule has 0 aliphatic carbocycles. The van der Waals surface area contributed by atoms with Crippen LogP contribution in [-0.4, -0.2) is 33.9 Å². The standard InChI is InChI=1S/C15H17N3OS/c1-2-9-18(10-13(16)20)15(19)12-7-3-5-11-6-4-8-17-14(11)12/h3-8H,2,9-10H2,1H3,(H2,16,20). The number of hydrogen-bond acceptors (Lipinski definition) is 3. The molecule has 0 unspecified atom stereocenters. The molecule has 0 atom stereocenters. The second-order valence-corrected chi connectivity index (χ2v) is 5.10. The van der Waals surface area contributed by atoms with E-state index >= 15 is 0 Å². The van der Waals surface area contributed by atoms with Gasteiger partial charge in [0, 0.05) is 18.1 Å². The average molecular weight is 287 g/mol. The van der Waals surface area contributed by atoms with Gasteiger partial charge in [0.25, 0.3) is 5.91 Å². The van der Waals surface area contributed by atoms with Gasteiger partial charge in [-0.3, -0.25) is 9.78 Å². The lowest BCUT2D eigenvalue weighted by atomic mass is 10.1. The molecule has 0 fully saturated rings. The summed E-state index contributed by atoms with van der Waals surface area (Å²) in [5, 5.41) is 0.949. The fourth-order valence-electron chi connectivity index (χ4n) is 2.16. The average Bonchev–Trinajstić information content (AvgIpc) is 2.45. The second-order valence-electron chi connectivity index (χ2n) is 4.57. The first kappa shape index (κ1) is 14.4. The largest absolute Gasteiger partial charge is 0.392 e. The molecule has 104 valence electrons. The van der Waals surface area contributed by atoms with Crippen LogP contribution in [0.3, 0.4) is 0 Å². The Labute approximate surface area is 123 Å². The predicted molar refractivity (Wildman–Crippen MR) is 84.7 cm³/mol. The molecule has 2 rings (SSSR count). The topological polar surface area (TPSA) is 59.2 Å². The van der Waals surface area contributed by atoms with Crippen LogP contribution in [-0.2, 0) is 0 Å². The molecule has 1 aromatic carbocycles. The highest BCUT2D eigenvalue weighted by molar-refractivity contribution is 7.80. The van der Waals surface area contributed by atoms with Crippen LogP contribution in [0.25, 0.3) is 10.9 Å². The molecule has 1 heterocycles. The molecule has 20 heavy (non-hydrogen) atoms. The summed E-state index contributed by atoms with van der Waals surface area (Å²) in [6.07, 6.45) is 2.55. The number of carbonyl (C=O) groups excluding carboxylic acids is 1. The summed E-state index contributed by atoms with van der Waals surface area (Å²) in [4.78, 5) is 19.0. The summed E-state index contributed by atoms with van der Waals surface area (Å²) in [7, 11) is 0. The number of carbonyl (C=O) groups is 1. The maximum absolute atomic E-state index is 12.7. The van der Waals surface area contributed by atoms with Crippen molar-refractivity contribution in [3.63, 3.8) is 0 Å². The highest BCUT2D eigenvalue weighted by atomic mass is 32.1. The van der Waals surface area contributed by atoms with Crippen LogP contribution < -0.4 is 5.73 Å². The highest BCUT2D eigenvalue weighted by Crippen LogP contribution is 2.17. The molecule has 0 bridgehead atoms. The number of fused-ring (bicyclic) bond motifs is 1. The number of para-hydroxylation sites is 1. The molecule has 5 heteroatoms. The summed E-state index contributed by atoms with van der Waals surface area (Å²) in [5.41, 5.74) is 6.88. The third-order valence-electron chi connectivity index (χ3n) is 2.99. The van der Waals surface area contributed by atoms with Crippen molar-refractivity contribution in [1.82, 2.24) is 9.88 Å². The van der Waals surface area contributed by atoms with E-state index in [2.05, 4.69) is 4.98 Å². The molecule has 2 aromatic rings. The lowest BCUT2D eigenvalue weighted by Gasteiger charge is -2.22. The number of nitrogens with two attached hydrogens (primary N) is 1. The number of aromatic nitrogens is 1. The van der Waals surface area contributed by atoms with Gasteiger partial charge in [0.05, 0.1) is 22.6 Å². The molecule has 0 aliphatic rings. The molecule has 0 spiro atoms. The normalized spacial score (nSPS) is 10.4. The number of amides is 1. The minimum absolute atomic E-state index is 0.0797. The van der Waals surface area contributed by atoms with Crippen molar-refractivity contribution in [2.75, 3.05) is 13.1 Å². The van der Waals surface area contributed by atoms with Crippen molar-refractivity contribution >= 4 is 34.0 Å². The van der Waals surface area contributed by atoms with Gasteiger partial charge in [-0.15, -0.1) is 0 Å². The molecule has 0 saturated heterocycles. The maximum Gasteiger partial charge on any atom is 0.256 e. The molecule has 1 amide bonds. The van der Waals surface area contributed by atoms with Crippen molar-refractivity contribution in [2.24, 2.45) is 5.73 Å². The number of rotatable bonds is 5. The predicted octanol–water partition coefficient (Wildman–Crippen LogP) is 2.37. The Kier molecular flexibility index (Phi) is 4.63. The number of benzene rings is 1. The Bertz CT molecular complexity index is 637. The number of thiocarbonyl (C=S) groups is 1. The summed E-state index contributed by atoms with van der Waals surface area (Å²) >= 11 is 4.92. The van der Waals surface area contributed by atoms with Crippen molar-refractivity contribution in [1.29, 1.82) is 0 Å². The third kappa shape index (κ3) is 3.11. The molecule has 0 aliphatic heterocycles. The molecule has 0 saturated carbocycles. The van der Waals surface area contributed by atoms with Gasteiger partial charge in [-0.05, 0) is 18.6 Å². The monoisotopic (exact) mass is 287 g/mol. The van der Waals surface area contributed by atoms with Crippen LogP contribution in [0.5, 0.6) is 0 Å². The second kappa shape index (κ2) is 6.43. The molecular weight excluding hydrogens is 270 g/mol. The molecule has 2 N–H and O–H groups in total. The first-order valence-corrected chi connectivity index (χ1v) is 6.95.